The van der Waals surface area contributed by atoms with E-state index in [2.05, 4.69) is 14.8 Å². The summed E-state index contributed by atoms with van der Waals surface area (Å²) < 4.78 is 72.7. The third-order valence-electron chi connectivity index (χ3n) is 3.70. The molecule has 0 radical (unpaired) electrons. The monoisotopic (exact) mass is 404 g/mol. The molecule has 1 aromatic rings. The summed E-state index contributed by atoms with van der Waals surface area (Å²) >= 11 is 0. The van der Waals surface area contributed by atoms with Gasteiger partial charge >= 0.3 is 6.36 Å². The van der Waals surface area contributed by atoms with Crippen molar-refractivity contribution in [3.63, 3.8) is 0 Å². The summed E-state index contributed by atoms with van der Waals surface area (Å²) in [6, 6.07) is 4.27. The SMILES string of the molecule is COCC1(CNS(=O)(=O)c2cccc(OC(F)(F)F)c2)CCCN1.Cl. The second-order valence-electron chi connectivity index (χ2n) is 5.59. The van der Waals surface area contributed by atoms with Gasteiger partial charge in [-0.15, -0.1) is 25.6 Å². The van der Waals surface area contributed by atoms with E-state index in [1.807, 2.05) is 0 Å². The average molecular weight is 405 g/mol. The first-order chi connectivity index (χ1) is 11.2. The minimum Gasteiger partial charge on any atom is -0.406 e. The van der Waals surface area contributed by atoms with Gasteiger partial charge in [0.15, 0.2) is 0 Å². The molecule has 144 valence electrons. The van der Waals surface area contributed by atoms with Crippen LogP contribution in [0.1, 0.15) is 12.8 Å². The maximum atomic E-state index is 12.3. The molecule has 2 N–H and O–H groups in total. The van der Waals surface area contributed by atoms with E-state index in [-0.39, 0.29) is 23.8 Å². The Hall–Kier alpha value is -1.07. The van der Waals surface area contributed by atoms with Gasteiger partial charge in [0.2, 0.25) is 10.0 Å². The number of benzene rings is 1. The van der Waals surface area contributed by atoms with Gasteiger partial charge in [0, 0.05) is 19.7 Å². The molecule has 1 aliphatic rings. The second kappa shape index (κ2) is 8.54. The molecule has 0 aliphatic carbocycles. The zero-order chi connectivity index (χ0) is 17.8. The summed E-state index contributed by atoms with van der Waals surface area (Å²) in [5.74, 6) is -0.587. The molecule has 0 saturated carbocycles. The highest BCUT2D eigenvalue weighted by Gasteiger charge is 2.35. The first-order valence-electron chi connectivity index (χ1n) is 7.25. The second-order valence-corrected chi connectivity index (χ2v) is 7.36. The van der Waals surface area contributed by atoms with Crippen LogP contribution in [0.3, 0.4) is 0 Å². The molecule has 1 aliphatic heterocycles. The maximum Gasteiger partial charge on any atom is 0.573 e. The van der Waals surface area contributed by atoms with Crippen molar-refractivity contribution in [2.45, 2.75) is 29.6 Å². The maximum absolute atomic E-state index is 12.3. The smallest absolute Gasteiger partial charge is 0.406 e. The lowest BCUT2D eigenvalue weighted by atomic mass is 9.99. The van der Waals surface area contributed by atoms with Crippen LogP contribution >= 0.6 is 12.4 Å². The van der Waals surface area contributed by atoms with Gasteiger partial charge < -0.3 is 14.8 Å². The van der Waals surface area contributed by atoms with Crippen molar-refractivity contribution in [2.24, 2.45) is 0 Å². The minimum atomic E-state index is -4.88. The molecule has 1 atom stereocenters. The first-order valence-corrected chi connectivity index (χ1v) is 8.74. The average Bonchev–Trinajstić information content (AvgIpc) is 2.93. The highest BCUT2D eigenvalue weighted by Crippen LogP contribution is 2.25. The normalized spacial score (nSPS) is 21.0. The molecule has 2 rings (SSSR count). The van der Waals surface area contributed by atoms with E-state index in [4.69, 9.17) is 4.74 Å². The van der Waals surface area contributed by atoms with Crippen LogP contribution in [0.4, 0.5) is 13.2 Å². The van der Waals surface area contributed by atoms with Gasteiger partial charge in [0.05, 0.1) is 17.0 Å². The summed E-state index contributed by atoms with van der Waals surface area (Å²) in [6.07, 6.45) is -3.26. The van der Waals surface area contributed by atoms with Gasteiger partial charge in [-0.05, 0) is 31.5 Å². The molecular formula is C14H20ClF3N2O4S. The van der Waals surface area contributed by atoms with Gasteiger partial charge in [0.25, 0.3) is 0 Å². The predicted octanol–water partition coefficient (Wildman–Crippen LogP) is 2.05. The highest BCUT2D eigenvalue weighted by atomic mass is 35.5. The number of rotatable bonds is 7. The van der Waals surface area contributed by atoms with E-state index in [0.29, 0.717) is 6.61 Å². The Kier molecular flexibility index (Phi) is 7.51. The van der Waals surface area contributed by atoms with Crippen LogP contribution < -0.4 is 14.8 Å². The number of hydrogen-bond acceptors (Lipinski definition) is 5. The van der Waals surface area contributed by atoms with Crippen LogP contribution in [0.2, 0.25) is 0 Å². The van der Waals surface area contributed by atoms with E-state index in [1.165, 1.54) is 19.2 Å². The Labute approximate surface area is 150 Å². The molecule has 0 spiro atoms. The Morgan fingerprint density at radius 2 is 2.08 bits per heavy atom. The van der Waals surface area contributed by atoms with Crippen molar-refractivity contribution in [3.8, 4) is 5.75 Å². The zero-order valence-electron chi connectivity index (χ0n) is 13.4. The summed E-state index contributed by atoms with van der Waals surface area (Å²) in [6.45, 7) is 1.15. The van der Waals surface area contributed by atoms with E-state index < -0.39 is 27.7 Å². The number of nitrogens with one attached hydrogen (secondary N) is 2. The molecule has 11 heteroatoms. The third-order valence-corrected chi connectivity index (χ3v) is 5.10. The molecule has 25 heavy (non-hydrogen) atoms. The lowest BCUT2D eigenvalue weighted by Crippen LogP contribution is -2.52. The molecule has 1 fully saturated rings. The van der Waals surface area contributed by atoms with E-state index in [9.17, 15) is 21.6 Å². The molecule has 1 saturated heterocycles. The fourth-order valence-electron chi connectivity index (χ4n) is 2.63. The van der Waals surface area contributed by atoms with Crippen LogP contribution in [0.15, 0.2) is 29.2 Å². The van der Waals surface area contributed by atoms with Gasteiger partial charge in [-0.3, -0.25) is 0 Å². The van der Waals surface area contributed by atoms with Crippen molar-refractivity contribution >= 4 is 22.4 Å². The number of sulfonamides is 1. The molecule has 1 unspecified atom stereocenters. The Morgan fingerprint density at radius 1 is 1.36 bits per heavy atom. The molecule has 1 aromatic carbocycles. The first kappa shape index (κ1) is 22.0. The van der Waals surface area contributed by atoms with Crippen LogP contribution in [-0.2, 0) is 14.8 Å². The Balaban J connectivity index is 0.00000312. The summed E-state index contributed by atoms with van der Waals surface area (Å²) in [5, 5.41) is 3.21. The van der Waals surface area contributed by atoms with Gasteiger partial charge in [-0.1, -0.05) is 6.07 Å². The largest absolute Gasteiger partial charge is 0.573 e. The summed E-state index contributed by atoms with van der Waals surface area (Å²) in [7, 11) is -2.45. The number of halogens is 4. The van der Waals surface area contributed by atoms with Crippen molar-refractivity contribution in [1.29, 1.82) is 0 Å². The predicted molar refractivity (Wildman–Crippen MR) is 87.4 cm³/mol. The fourth-order valence-corrected chi connectivity index (χ4v) is 3.79. The van der Waals surface area contributed by atoms with E-state index >= 15 is 0 Å². The van der Waals surface area contributed by atoms with Gasteiger partial charge in [-0.25, -0.2) is 13.1 Å². The molecule has 0 amide bonds. The lowest BCUT2D eigenvalue weighted by molar-refractivity contribution is -0.274. The number of ether oxygens (including phenoxy) is 2. The van der Waals surface area contributed by atoms with Crippen molar-refractivity contribution in [3.05, 3.63) is 24.3 Å². The lowest BCUT2D eigenvalue weighted by Gasteiger charge is -2.28. The number of hydrogen-bond donors (Lipinski definition) is 2. The topological polar surface area (TPSA) is 76.7 Å². The summed E-state index contributed by atoms with van der Waals surface area (Å²) in [4.78, 5) is -0.296. The third kappa shape index (κ3) is 6.30. The Bertz CT molecular complexity index is 664. The molecule has 0 aromatic heterocycles. The van der Waals surface area contributed by atoms with Gasteiger partial charge in [0.1, 0.15) is 5.75 Å². The van der Waals surface area contributed by atoms with Crippen LogP contribution in [0.25, 0.3) is 0 Å². The van der Waals surface area contributed by atoms with Crippen molar-refractivity contribution in [1.82, 2.24) is 10.0 Å². The molecule has 1 heterocycles. The van der Waals surface area contributed by atoms with Crippen LogP contribution in [-0.4, -0.2) is 47.1 Å². The quantitative estimate of drug-likeness (QED) is 0.727. The minimum absolute atomic E-state index is 0. The number of methoxy groups -OCH3 is 1. The van der Waals surface area contributed by atoms with Crippen LogP contribution in [0.5, 0.6) is 5.75 Å². The van der Waals surface area contributed by atoms with Gasteiger partial charge in [-0.2, -0.15) is 0 Å². The zero-order valence-corrected chi connectivity index (χ0v) is 15.1. The standard InChI is InChI=1S/C14H19F3N2O4S.ClH/c1-22-10-13(6-3-7-18-13)9-19-24(20,21)12-5-2-4-11(8-12)23-14(15,16)17;/h2,4-5,8,18-19H,3,6-7,9-10H2,1H3;1H. The Morgan fingerprint density at radius 3 is 2.64 bits per heavy atom. The molecule has 6 nitrogen and oxygen atoms in total. The highest BCUT2D eigenvalue weighted by molar-refractivity contribution is 7.89. The molecule has 0 bridgehead atoms. The van der Waals surface area contributed by atoms with E-state index in [0.717, 1.165) is 31.5 Å². The summed E-state index contributed by atoms with van der Waals surface area (Å²) in [5.41, 5.74) is -0.512. The molecular weight excluding hydrogens is 385 g/mol. The van der Waals surface area contributed by atoms with Crippen molar-refractivity contribution < 1.29 is 31.1 Å². The fraction of sp³-hybridized carbons (Fsp3) is 0.571. The van der Waals surface area contributed by atoms with E-state index in [1.54, 1.807) is 0 Å². The number of alkyl halides is 3. The van der Waals surface area contributed by atoms with Crippen molar-refractivity contribution in [2.75, 3.05) is 26.8 Å². The van der Waals surface area contributed by atoms with Crippen LogP contribution in [0, 0.1) is 0 Å².